The average Bonchev–Trinajstić information content (AvgIpc) is 2.71. The first-order valence-electron chi connectivity index (χ1n) is 4.20. The van der Waals surface area contributed by atoms with E-state index in [-0.39, 0.29) is 10.9 Å². The van der Waals surface area contributed by atoms with Crippen molar-refractivity contribution in [3.63, 3.8) is 0 Å². The van der Waals surface area contributed by atoms with Gasteiger partial charge >= 0.3 is 0 Å². The summed E-state index contributed by atoms with van der Waals surface area (Å²) >= 11 is 12.4. The summed E-state index contributed by atoms with van der Waals surface area (Å²) in [4.78, 5) is 0. The number of hydrogen-bond acceptors (Lipinski definition) is 4. The Balaban J connectivity index is 2.17. The van der Waals surface area contributed by atoms with Gasteiger partial charge in [0.15, 0.2) is 0 Å². The molecule has 3 nitrogen and oxygen atoms in total. The molecule has 2 rings (SSSR count). The molecule has 0 aliphatic heterocycles. The molecular weight excluding hydrogens is 274 g/mol. The molecule has 0 saturated carbocycles. The smallest absolute Gasteiger partial charge is 0.299 e. The van der Waals surface area contributed by atoms with Gasteiger partial charge < -0.3 is 4.74 Å². The number of nitrogens with zero attached hydrogens (tertiary/aromatic N) is 2. The van der Waals surface area contributed by atoms with Crippen LogP contribution in [0.25, 0.3) is 0 Å². The fourth-order valence-corrected chi connectivity index (χ4v) is 1.92. The summed E-state index contributed by atoms with van der Waals surface area (Å²) in [6.45, 7) is 0. The van der Waals surface area contributed by atoms with E-state index in [1.807, 2.05) is 0 Å². The third kappa shape index (κ3) is 2.61. The molecule has 0 saturated heterocycles. The Morgan fingerprint density at radius 2 is 2.19 bits per heavy atom. The van der Waals surface area contributed by atoms with Crippen LogP contribution in [0.3, 0.4) is 0 Å². The van der Waals surface area contributed by atoms with E-state index in [9.17, 15) is 4.39 Å². The van der Waals surface area contributed by atoms with Gasteiger partial charge in [-0.1, -0.05) is 28.0 Å². The number of aromatic nitrogens is 2. The van der Waals surface area contributed by atoms with Crippen LogP contribution in [-0.2, 0) is 5.88 Å². The number of halogens is 3. The highest BCUT2D eigenvalue weighted by molar-refractivity contribution is 7.13. The first kappa shape index (κ1) is 11.6. The quantitative estimate of drug-likeness (QED) is 0.800. The molecule has 0 aliphatic rings. The van der Waals surface area contributed by atoms with E-state index in [0.29, 0.717) is 16.0 Å². The molecule has 84 valence electrons. The highest BCUT2D eigenvalue weighted by Gasteiger charge is 2.07. The fourth-order valence-electron chi connectivity index (χ4n) is 0.975. The van der Waals surface area contributed by atoms with Crippen LogP contribution in [0.2, 0.25) is 5.02 Å². The standard InChI is InChI=1S/C9H5Cl2FN2OS/c10-4-8-13-14-9(16-8)15-5-1-2-7(12)6(11)3-5/h1-3H,4H2. The summed E-state index contributed by atoms with van der Waals surface area (Å²) in [7, 11) is 0. The summed E-state index contributed by atoms with van der Waals surface area (Å²) in [6.07, 6.45) is 0. The first-order valence-corrected chi connectivity index (χ1v) is 5.93. The molecular formula is C9H5Cl2FN2OS. The van der Waals surface area contributed by atoms with E-state index >= 15 is 0 Å². The highest BCUT2D eigenvalue weighted by atomic mass is 35.5. The lowest BCUT2D eigenvalue weighted by atomic mass is 10.3. The molecule has 0 unspecified atom stereocenters. The summed E-state index contributed by atoms with van der Waals surface area (Å²) in [6, 6.07) is 4.06. The molecule has 1 aromatic carbocycles. The summed E-state index contributed by atoms with van der Waals surface area (Å²) in [5, 5.41) is 8.54. The Morgan fingerprint density at radius 3 is 2.81 bits per heavy atom. The molecule has 0 spiro atoms. The van der Waals surface area contributed by atoms with Crippen molar-refractivity contribution in [1.82, 2.24) is 10.2 Å². The Bertz CT molecular complexity index is 506. The Labute approximate surface area is 105 Å². The summed E-state index contributed by atoms with van der Waals surface area (Å²) < 4.78 is 18.2. The van der Waals surface area contributed by atoms with Gasteiger partial charge in [-0.15, -0.1) is 16.7 Å². The number of hydrogen-bond donors (Lipinski definition) is 0. The molecule has 0 radical (unpaired) electrons. The molecule has 0 atom stereocenters. The van der Waals surface area contributed by atoms with Gasteiger partial charge in [-0.05, 0) is 12.1 Å². The highest BCUT2D eigenvalue weighted by Crippen LogP contribution is 2.28. The van der Waals surface area contributed by atoms with E-state index in [1.165, 1.54) is 29.5 Å². The third-order valence-corrected chi connectivity index (χ3v) is 3.16. The van der Waals surface area contributed by atoms with Crippen LogP contribution in [0.5, 0.6) is 10.9 Å². The molecule has 16 heavy (non-hydrogen) atoms. The van der Waals surface area contributed by atoms with Gasteiger partial charge in [0.2, 0.25) is 0 Å². The molecule has 2 aromatic rings. The number of benzene rings is 1. The van der Waals surface area contributed by atoms with Crippen LogP contribution in [0.4, 0.5) is 4.39 Å². The molecule has 0 fully saturated rings. The van der Waals surface area contributed by atoms with Crippen LogP contribution in [-0.4, -0.2) is 10.2 Å². The van der Waals surface area contributed by atoms with E-state index < -0.39 is 5.82 Å². The van der Waals surface area contributed by atoms with Crippen molar-refractivity contribution in [3.05, 3.63) is 34.0 Å². The maximum Gasteiger partial charge on any atom is 0.299 e. The molecule has 0 N–H and O–H groups in total. The number of rotatable bonds is 3. The van der Waals surface area contributed by atoms with Crippen molar-refractivity contribution in [1.29, 1.82) is 0 Å². The lowest BCUT2D eigenvalue weighted by molar-refractivity contribution is 0.471. The van der Waals surface area contributed by atoms with Crippen molar-refractivity contribution in [2.45, 2.75) is 5.88 Å². The average molecular weight is 279 g/mol. The third-order valence-electron chi connectivity index (χ3n) is 1.66. The molecule has 0 aliphatic carbocycles. The maximum atomic E-state index is 12.9. The number of ether oxygens (including phenoxy) is 1. The minimum absolute atomic E-state index is 0.000387. The van der Waals surface area contributed by atoms with Gasteiger partial charge in [0, 0.05) is 6.07 Å². The zero-order valence-electron chi connectivity index (χ0n) is 7.78. The number of alkyl halides is 1. The Hall–Kier alpha value is -0.910. The van der Waals surface area contributed by atoms with Crippen molar-refractivity contribution in [2.75, 3.05) is 0 Å². The zero-order valence-corrected chi connectivity index (χ0v) is 10.1. The predicted molar refractivity (Wildman–Crippen MR) is 61.0 cm³/mol. The van der Waals surface area contributed by atoms with Gasteiger partial charge in [0.05, 0.1) is 10.9 Å². The van der Waals surface area contributed by atoms with Crippen LogP contribution in [0.15, 0.2) is 18.2 Å². The van der Waals surface area contributed by atoms with Gasteiger partial charge in [0.1, 0.15) is 16.6 Å². The van der Waals surface area contributed by atoms with E-state index in [1.54, 1.807) is 0 Å². The SMILES string of the molecule is Fc1ccc(Oc2nnc(CCl)s2)cc1Cl. The molecule has 0 amide bonds. The minimum Gasteiger partial charge on any atom is -0.430 e. The second-order valence-electron chi connectivity index (χ2n) is 2.77. The fraction of sp³-hybridized carbons (Fsp3) is 0.111. The van der Waals surface area contributed by atoms with Gasteiger partial charge in [-0.2, -0.15) is 0 Å². The molecule has 7 heteroatoms. The summed E-state index contributed by atoms with van der Waals surface area (Å²) in [5.41, 5.74) is 0. The Morgan fingerprint density at radius 1 is 1.38 bits per heavy atom. The van der Waals surface area contributed by atoms with Gasteiger partial charge in [0.25, 0.3) is 5.19 Å². The second kappa shape index (κ2) is 4.95. The van der Waals surface area contributed by atoms with Crippen LogP contribution >= 0.6 is 34.5 Å². The monoisotopic (exact) mass is 278 g/mol. The van der Waals surface area contributed by atoms with Crippen LogP contribution in [0, 0.1) is 5.82 Å². The van der Waals surface area contributed by atoms with E-state index in [4.69, 9.17) is 27.9 Å². The largest absolute Gasteiger partial charge is 0.430 e. The zero-order chi connectivity index (χ0) is 11.5. The molecule has 1 heterocycles. The topological polar surface area (TPSA) is 35.0 Å². The van der Waals surface area contributed by atoms with E-state index in [2.05, 4.69) is 10.2 Å². The maximum absolute atomic E-state index is 12.9. The second-order valence-corrected chi connectivity index (χ2v) is 4.47. The molecule has 1 aromatic heterocycles. The van der Waals surface area contributed by atoms with Crippen LogP contribution < -0.4 is 4.74 Å². The lowest BCUT2D eigenvalue weighted by Crippen LogP contribution is -1.84. The minimum atomic E-state index is -0.493. The van der Waals surface area contributed by atoms with Crippen molar-refractivity contribution in [3.8, 4) is 10.9 Å². The van der Waals surface area contributed by atoms with Crippen molar-refractivity contribution < 1.29 is 9.13 Å². The first-order chi connectivity index (χ1) is 7.69. The van der Waals surface area contributed by atoms with Crippen molar-refractivity contribution in [2.24, 2.45) is 0 Å². The van der Waals surface area contributed by atoms with Gasteiger partial charge in [-0.3, -0.25) is 0 Å². The summed E-state index contributed by atoms with van der Waals surface area (Å²) in [5.74, 6) is 0.196. The van der Waals surface area contributed by atoms with Gasteiger partial charge in [-0.25, -0.2) is 4.39 Å². The normalized spacial score (nSPS) is 10.4. The molecule has 0 bridgehead atoms. The predicted octanol–water partition coefficient (Wildman–Crippen LogP) is 3.86. The van der Waals surface area contributed by atoms with Crippen molar-refractivity contribution >= 4 is 34.5 Å². The van der Waals surface area contributed by atoms with E-state index in [0.717, 1.165) is 0 Å². The Kier molecular flexibility index (Phi) is 3.58. The lowest BCUT2D eigenvalue weighted by Gasteiger charge is -2.01. The van der Waals surface area contributed by atoms with Crippen LogP contribution in [0.1, 0.15) is 5.01 Å².